The summed E-state index contributed by atoms with van der Waals surface area (Å²) in [6.07, 6.45) is 0.908. The molecular formula is C17H21ClO2. The second-order valence-corrected chi connectivity index (χ2v) is 6.51. The quantitative estimate of drug-likeness (QED) is 0.606. The van der Waals surface area contributed by atoms with Crippen LogP contribution in [-0.2, 0) is 4.74 Å². The molecule has 0 bridgehead atoms. The highest BCUT2D eigenvalue weighted by Crippen LogP contribution is 2.39. The minimum absolute atomic E-state index is 0.0359. The van der Waals surface area contributed by atoms with Crippen molar-refractivity contribution in [3.05, 3.63) is 29.8 Å². The Morgan fingerprint density at radius 2 is 2.10 bits per heavy atom. The van der Waals surface area contributed by atoms with E-state index in [-0.39, 0.29) is 17.3 Å². The van der Waals surface area contributed by atoms with Crippen LogP contribution in [0.1, 0.15) is 39.7 Å². The Bertz CT molecular complexity index is 537. The van der Waals surface area contributed by atoms with Gasteiger partial charge in [-0.1, -0.05) is 17.9 Å². The van der Waals surface area contributed by atoms with Gasteiger partial charge in [-0.05, 0) is 45.9 Å². The number of ether oxygens (including phenoxy) is 2. The molecule has 0 radical (unpaired) electrons. The predicted octanol–water partition coefficient (Wildman–Crippen LogP) is 4.00. The molecule has 1 fully saturated rings. The summed E-state index contributed by atoms with van der Waals surface area (Å²) in [5.74, 6) is 7.01. The van der Waals surface area contributed by atoms with Crippen LogP contribution in [0.25, 0.3) is 0 Å². The van der Waals surface area contributed by atoms with Crippen LogP contribution in [0.4, 0.5) is 0 Å². The van der Waals surface area contributed by atoms with E-state index < -0.39 is 0 Å². The largest absolute Gasteiger partial charge is 0.487 e. The van der Waals surface area contributed by atoms with Gasteiger partial charge in [-0.3, -0.25) is 0 Å². The maximum Gasteiger partial charge on any atom is 0.130 e. The number of hydrogen-bond donors (Lipinski definition) is 0. The Hall–Kier alpha value is -1.17. The Labute approximate surface area is 126 Å². The van der Waals surface area contributed by atoms with Crippen molar-refractivity contribution in [3.8, 4) is 17.6 Å². The molecule has 108 valence electrons. The molecule has 2 rings (SSSR count). The molecule has 1 heterocycles. The molecule has 0 saturated carbocycles. The molecular weight excluding hydrogens is 272 g/mol. The van der Waals surface area contributed by atoms with Gasteiger partial charge in [-0.15, -0.1) is 11.6 Å². The van der Waals surface area contributed by atoms with Gasteiger partial charge >= 0.3 is 0 Å². The topological polar surface area (TPSA) is 18.5 Å². The first kappa shape index (κ1) is 15.2. The molecule has 0 N–H and O–H groups in total. The number of hydrogen-bond acceptors (Lipinski definition) is 2. The van der Waals surface area contributed by atoms with Crippen LogP contribution < -0.4 is 4.74 Å². The average molecular weight is 293 g/mol. The molecule has 1 aliphatic rings. The first-order valence-electron chi connectivity index (χ1n) is 6.84. The van der Waals surface area contributed by atoms with Gasteiger partial charge in [0, 0.05) is 12.0 Å². The van der Waals surface area contributed by atoms with E-state index in [1.807, 2.05) is 24.3 Å². The van der Waals surface area contributed by atoms with Crippen molar-refractivity contribution < 1.29 is 9.47 Å². The molecule has 1 saturated heterocycles. The third-order valence-corrected chi connectivity index (χ3v) is 3.54. The smallest absolute Gasteiger partial charge is 0.130 e. The fraction of sp³-hybridized carbons (Fsp3) is 0.529. The lowest BCUT2D eigenvalue weighted by Gasteiger charge is -2.27. The zero-order chi connectivity index (χ0) is 14.8. The lowest BCUT2D eigenvalue weighted by molar-refractivity contribution is -0.0846. The summed E-state index contributed by atoms with van der Waals surface area (Å²) in [6.45, 7) is 8.34. The normalized spacial score (nSPS) is 22.9. The first-order valence-corrected chi connectivity index (χ1v) is 7.38. The zero-order valence-electron chi connectivity index (χ0n) is 12.5. The van der Waals surface area contributed by atoms with E-state index in [1.165, 1.54) is 0 Å². The molecule has 0 spiro atoms. The highest BCUT2D eigenvalue weighted by molar-refractivity contribution is 6.19. The molecule has 0 aromatic heterocycles. The van der Waals surface area contributed by atoms with Crippen molar-refractivity contribution in [2.24, 2.45) is 0 Å². The first-order chi connectivity index (χ1) is 9.32. The van der Waals surface area contributed by atoms with E-state index in [0.717, 1.165) is 17.7 Å². The molecule has 1 atom stereocenters. The Kier molecular flexibility index (Phi) is 4.32. The van der Waals surface area contributed by atoms with Gasteiger partial charge in [-0.25, -0.2) is 0 Å². The third kappa shape index (κ3) is 3.69. The Morgan fingerprint density at radius 1 is 1.35 bits per heavy atom. The molecule has 1 aliphatic heterocycles. The Morgan fingerprint density at radius 3 is 2.70 bits per heavy atom. The molecule has 3 heteroatoms. The summed E-state index contributed by atoms with van der Waals surface area (Å²) in [5, 5.41) is 0. The van der Waals surface area contributed by atoms with Crippen LogP contribution in [0, 0.1) is 11.8 Å². The lowest BCUT2D eigenvalue weighted by atomic mass is 9.97. The van der Waals surface area contributed by atoms with E-state index in [0.29, 0.717) is 5.88 Å². The standard InChI is InChI=1S/C17H21ClO2/c1-16(2)12-15(17(3,4)20-16)19-14-9-5-7-13(11-14)8-6-10-18/h5,7,9,11,15H,10,12H2,1-4H3. The SMILES string of the molecule is CC1(C)CC(Oc2cccc(C#CCCl)c2)C(C)(C)O1. The van der Waals surface area contributed by atoms with E-state index in [9.17, 15) is 0 Å². The van der Waals surface area contributed by atoms with Gasteiger partial charge in [-0.2, -0.15) is 0 Å². The second-order valence-electron chi connectivity index (χ2n) is 6.24. The summed E-state index contributed by atoms with van der Waals surface area (Å²) in [5.41, 5.74) is 0.477. The minimum atomic E-state index is -0.290. The van der Waals surface area contributed by atoms with Gasteiger partial charge in [0.05, 0.1) is 11.5 Å². The van der Waals surface area contributed by atoms with Crippen LogP contribution in [0.5, 0.6) is 5.75 Å². The molecule has 2 nitrogen and oxygen atoms in total. The van der Waals surface area contributed by atoms with Crippen molar-refractivity contribution >= 4 is 11.6 Å². The second kappa shape index (κ2) is 5.68. The molecule has 1 aromatic rings. The van der Waals surface area contributed by atoms with E-state index in [2.05, 4.69) is 39.5 Å². The average Bonchev–Trinajstić information content (AvgIpc) is 2.55. The van der Waals surface area contributed by atoms with Crippen molar-refractivity contribution in [1.82, 2.24) is 0 Å². The van der Waals surface area contributed by atoms with Crippen molar-refractivity contribution in [1.29, 1.82) is 0 Å². The van der Waals surface area contributed by atoms with E-state index in [1.54, 1.807) is 0 Å². The molecule has 0 amide bonds. The summed E-state index contributed by atoms with van der Waals surface area (Å²) >= 11 is 5.58. The predicted molar refractivity (Wildman–Crippen MR) is 82.3 cm³/mol. The maximum atomic E-state index is 6.12. The number of rotatable bonds is 2. The highest BCUT2D eigenvalue weighted by atomic mass is 35.5. The Balaban J connectivity index is 2.14. The fourth-order valence-electron chi connectivity index (χ4n) is 2.64. The zero-order valence-corrected chi connectivity index (χ0v) is 13.3. The minimum Gasteiger partial charge on any atom is -0.487 e. The van der Waals surface area contributed by atoms with Crippen LogP contribution >= 0.6 is 11.6 Å². The van der Waals surface area contributed by atoms with Gasteiger partial charge in [0.15, 0.2) is 0 Å². The van der Waals surface area contributed by atoms with Crippen LogP contribution in [0.2, 0.25) is 0 Å². The number of halogens is 1. The van der Waals surface area contributed by atoms with Crippen molar-refractivity contribution in [2.75, 3.05) is 5.88 Å². The summed E-state index contributed by atoms with van der Waals surface area (Å²) in [7, 11) is 0. The third-order valence-electron chi connectivity index (χ3n) is 3.40. The van der Waals surface area contributed by atoms with Gasteiger partial charge in [0.1, 0.15) is 17.5 Å². The molecule has 1 unspecified atom stereocenters. The van der Waals surface area contributed by atoms with Gasteiger partial charge < -0.3 is 9.47 Å². The highest BCUT2D eigenvalue weighted by Gasteiger charge is 2.47. The lowest BCUT2D eigenvalue weighted by Crippen LogP contribution is -2.36. The maximum absolute atomic E-state index is 6.12. The van der Waals surface area contributed by atoms with Gasteiger partial charge in [0.2, 0.25) is 0 Å². The molecule has 20 heavy (non-hydrogen) atoms. The fourth-order valence-corrected chi connectivity index (χ4v) is 2.71. The number of benzene rings is 1. The van der Waals surface area contributed by atoms with Crippen molar-refractivity contribution in [2.45, 2.75) is 51.4 Å². The summed E-state index contributed by atoms with van der Waals surface area (Å²) in [4.78, 5) is 0. The summed E-state index contributed by atoms with van der Waals surface area (Å²) < 4.78 is 12.2. The van der Waals surface area contributed by atoms with Crippen LogP contribution in [-0.4, -0.2) is 23.2 Å². The number of alkyl halides is 1. The van der Waals surface area contributed by atoms with E-state index in [4.69, 9.17) is 21.1 Å². The summed E-state index contributed by atoms with van der Waals surface area (Å²) in [6, 6.07) is 7.79. The van der Waals surface area contributed by atoms with Gasteiger partial charge in [0.25, 0.3) is 0 Å². The van der Waals surface area contributed by atoms with Crippen molar-refractivity contribution in [3.63, 3.8) is 0 Å². The van der Waals surface area contributed by atoms with E-state index >= 15 is 0 Å². The monoisotopic (exact) mass is 292 g/mol. The molecule has 1 aromatic carbocycles. The van der Waals surface area contributed by atoms with Crippen LogP contribution in [0.3, 0.4) is 0 Å². The molecule has 0 aliphatic carbocycles. The van der Waals surface area contributed by atoms with Crippen LogP contribution in [0.15, 0.2) is 24.3 Å².